The van der Waals surface area contributed by atoms with Gasteiger partial charge in [-0.25, -0.2) is 9.97 Å². The van der Waals surface area contributed by atoms with Crippen LogP contribution in [0.1, 0.15) is 31.1 Å². The van der Waals surface area contributed by atoms with Crippen molar-refractivity contribution in [3.8, 4) is 5.82 Å². The van der Waals surface area contributed by atoms with Crippen molar-refractivity contribution in [2.24, 2.45) is 0 Å². The van der Waals surface area contributed by atoms with Gasteiger partial charge in [0.15, 0.2) is 5.82 Å². The Labute approximate surface area is 107 Å². The van der Waals surface area contributed by atoms with Crippen LogP contribution in [0.15, 0.2) is 18.3 Å². The van der Waals surface area contributed by atoms with Crippen LogP contribution in [0.5, 0.6) is 0 Å². The van der Waals surface area contributed by atoms with Crippen LogP contribution in [-0.2, 0) is 6.54 Å². The Morgan fingerprint density at radius 2 is 2.11 bits per heavy atom. The van der Waals surface area contributed by atoms with E-state index < -0.39 is 0 Å². The molecule has 0 aliphatic rings. The summed E-state index contributed by atoms with van der Waals surface area (Å²) in [6.07, 6.45) is 1.78. The molecule has 0 amide bonds. The Morgan fingerprint density at radius 1 is 1.33 bits per heavy atom. The molecule has 0 fully saturated rings. The average Bonchev–Trinajstić information content (AvgIpc) is 2.66. The van der Waals surface area contributed by atoms with Crippen LogP contribution in [0.25, 0.3) is 5.82 Å². The van der Waals surface area contributed by atoms with Gasteiger partial charge in [-0.05, 0) is 19.9 Å². The van der Waals surface area contributed by atoms with Crippen molar-refractivity contribution in [3.05, 3.63) is 35.5 Å². The van der Waals surface area contributed by atoms with E-state index in [1.165, 1.54) is 0 Å². The molecular weight excluding hydrogens is 226 g/mol. The van der Waals surface area contributed by atoms with Gasteiger partial charge >= 0.3 is 0 Å². The van der Waals surface area contributed by atoms with Crippen LogP contribution in [0, 0.1) is 13.8 Å². The molecule has 2 heterocycles. The second kappa shape index (κ2) is 5.27. The Morgan fingerprint density at radius 3 is 2.72 bits per heavy atom. The minimum absolute atomic E-state index is 0.441. The Balaban J connectivity index is 2.35. The van der Waals surface area contributed by atoms with E-state index in [0.29, 0.717) is 6.04 Å². The lowest BCUT2D eigenvalue weighted by molar-refractivity contribution is 0.584. The van der Waals surface area contributed by atoms with Crippen molar-refractivity contribution in [1.82, 2.24) is 25.1 Å². The Kier molecular flexibility index (Phi) is 3.72. The lowest BCUT2D eigenvalue weighted by Crippen LogP contribution is -2.23. The summed E-state index contributed by atoms with van der Waals surface area (Å²) in [7, 11) is 0. The maximum Gasteiger partial charge on any atom is 0.159 e. The molecule has 2 rings (SSSR count). The normalized spacial score (nSPS) is 11.2. The second-order valence-corrected chi connectivity index (χ2v) is 4.64. The van der Waals surface area contributed by atoms with E-state index in [9.17, 15) is 0 Å². The van der Waals surface area contributed by atoms with Crippen molar-refractivity contribution in [2.45, 2.75) is 40.3 Å². The van der Waals surface area contributed by atoms with Gasteiger partial charge in [-0.2, -0.15) is 4.68 Å². The molecule has 0 radical (unpaired) electrons. The summed E-state index contributed by atoms with van der Waals surface area (Å²) in [4.78, 5) is 8.74. The fourth-order valence-electron chi connectivity index (χ4n) is 1.79. The van der Waals surface area contributed by atoms with Crippen LogP contribution >= 0.6 is 0 Å². The zero-order valence-corrected chi connectivity index (χ0v) is 11.3. The van der Waals surface area contributed by atoms with E-state index >= 15 is 0 Å². The van der Waals surface area contributed by atoms with Crippen LogP contribution < -0.4 is 5.32 Å². The quantitative estimate of drug-likeness (QED) is 0.892. The topological polar surface area (TPSA) is 55.6 Å². The fourth-order valence-corrected chi connectivity index (χ4v) is 1.79. The molecule has 0 unspecified atom stereocenters. The van der Waals surface area contributed by atoms with Crippen LogP contribution in [0.3, 0.4) is 0 Å². The van der Waals surface area contributed by atoms with Gasteiger partial charge in [0.25, 0.3) is 0 Å². The molecule has 18 heavy (non-hydrogen) atoms. The van der Waals surface area contributed by atoms with Crippen molar-refractivity contribution in [3.63, 3.8) is 0 Å². The molecule has 5 heteroatoms. The van der Waals surface area contributed by atoms with Gasteiger partial charge in [0, 0.05) is 24.3 Å². The van der Waals surface area contributed by atoms with E-state index in [0.717, 1.165) is 29.6 Å². The van der Waals surface area contributed by atoms with E-state index in [1.54, 1.807) is 10.9 Å². The highest BCUT2D eigenvalue weighted by molar-refractivity contribution is 5.33. The SMILES string of the molecule is Cc1nc(C)n(-c2ncccc2CNC(C)C)n1. The van der Waals surface area contributed by atoms with Gasteiger partial charge in [0.2, 0.25) is 0 Å². The lowest BCUT2D eigenvalue weighted by atomic mass is 10.2. The molecule has 0 aromatic carbocycles. The number of rotatable bonds is 4. The number of nitrogens with zero attached hydrogens (tertiary/aromatic N) is 4. The summed E-state index contributed by atoms with van der Waals surface area (Å²) < 4.78 is 1.80. The summed E-state index contributed by atoms with van der Waals surface area (Å²) in [5.74, 6) is 2.47. The fraction of sp³-hybridized carbons (Fsp3) is 0.462. The first-order chi connectivity index (χ1) is 8.58. The maximum atomic E-state index is 4.42. The molecule has 2 aromatic heterocycles. The molecule has 96 valence electrons. The molecule has 1 N–H and O–H groups in total. The Bertz CT molecular complexity index is 530. The summed E-state index contributed by atoms with van der Waals surface area (Å²) in [6, 6.07) is 4.45. The average molecular weight is 245 g/mol. The predicted molar refractivity (Wildman–Crippen MR) is 70.6 cm³/mol. The molecular formula is C13H19N5. The number of aromatic nitrogens is 4. The third-order valence-corrected chi connectivity index (χ3v) is 2.64. The highest BCUT2D eigenvalue weighted by Gasteiger charge is 2.10. The summed E-state index contributed by atoms with van der Waals surface area (Å²) in [5.41, 5.74) is 1.12. The molecule has 0 saturated heterocycles. The highest BCUT2D eigenvalue weighted by atomic mass is 15.4. The predicted octanol–water partition coefficient (Wildman–Crippen LogP) is 1.78. The molecule has 0 spiro atoms. The van der Waals surface area contributed by atoms with Gasteiger partial charge in [-0.1, -0.05) is 19.9 Å². The van der Waals surface area contributed by atoms with E-state index in [-0.39, 0.29) is 0 Å². The smallest absolute Gasteiger partial charge is 0.159 e. The number of hydrogen-bond acceptors (Lipinski definition) is 4. The van der Waals surface area contributed by atoms with E-state index in [4.69, 9.17) is 0 Å². The van der Waals surface area contributed by atoms with Gasteiger partial charge < -0.3 is 5.32 Å². The van der Waals surface area contributed by atoms with Gasteiger partial charge in [-0.3, -0.25) is 0 Å². The first-order valence-electron chi connectivity index (χ1n) is 6.16. The monoisotopic (exact) mass is 245 g/mol. The summed E-state index contributed by atoms with van der Waals surface area (Å²) in [6.45, 7) is 8.85. The molecule has 0 atom stereocenters. The second-order valence-electron chi connectivity index (χ2n) is 4.64. The van der Waals surface area contributed by atoms with Crippen LogP contribution in [-0.4, -0.2) is 25.8 Å². The highest BCUT2D eigenvalue weighted by Crippen LogP contribution is 2.12. The first-order valence-corrected chi connectivity index (χ1v) is 6.16. The minimum atomic E-state index is 0.441. The number of hydrogen-bond donors (Lipinski definition) is 1. The lowest BCUT2D eigenvalue weighted by Gasteiger charge is -2.12. The third-order valence-electron chi connectivity index (χ3n) is 2.64. The van der Waals surface area contributed by atoms with Crippen molar-refractivity contribution in [2.75, 3.05) is 0 Å². The zero-order chi connectivity index (χ0) is 13.1. The van der Waals surface area contributed by atoms with Crippen molar-refractivity contribution < 1.29 is 0 Å². The van der Waals surface area contributed by atoms with E-state index in [2.05, 4.69) is 40.3 Å². The molecule has 0 bridgehead atoms. The standard InChI is InChI=1S/C13H19N5/c1-9(2)15-8-12-6-5-7-14-13(12)18-11(4)16-10(3)17-18/h5-7,9,15H,8H2,1-4H3. The van der Waals surface area contributed by atoms with Crippen molar-refractivity contribution >= 4 is 0 Å². The van der Waals surface area contributed by atoms with Crippen molar-refractivity contribution in [1.29, 1.82) is 0 Å². The molecule has 0 saturated carbocycles. The maximum absolute atomic E-state index is 4.42. The Hall–Kier alpha value is -1.75. The molecule has 5 nitrogen and oxygen atoms in total. The molecule has 0 aliphatic heterocycles. The summed E-state index contributed by atoms with van der Waals surface area (Å²) >= 11 is 0. The summed E-state index contributed by atoms with van der Waals surface area (Å²) in [5, 5.41) is 7.78. The van der Waals surface area contributed by atoms with Gasteiger partial charge in [-0.15, -0.1) is 5.10 Å². The van der Waals surface area contributed by atoms with E-state index in [1.807, 2.05) is 19.9 Å². The number of pyridine rings is 1. The molecule has 0 aliphatic carbocycles. The zero-order valence-electron chi connectivity index (χ0n) is 11.3. The third kappa shape index (κ3) is 2.73. The first kappa shape index (κ1) is 12.7. The van der Waals surface area contributed by atoms with Gasteiger partial charge in [0.05, 0.1) is 0 Å². The van der Waals surface area contributed by atoms with Gasteiger partial charge in [0.1, 0.15) is 11.6 Å². The van der Waals surface area contributed by atoms with Crippen LogP contribution in [0.2, 0.25) is 0 Å². The minimum Gasteiger partial charge on any atom is -0.310 e. The number of aryl methyl sites for hydroxylation is 2. The molecule has 2 aromatic rings. The van der Waals surface area contributed by atoms with Crippen LogP contribution in [0.4, 0.5) is 0 Å². The number of nitrogens with one attached hydrogen (secondary N) is 1. The largest absolute Gasteiger partial charge is 0.310 e.